The summed E-state index contributed by atoms with van der Waals surface area (Å²) in [6.07, 6.45) is 1.79. The molecule has 0 spiro atoms. The van der Waals surface area contributed by atoms with Crippen LogP contribution in [0.1, 0.15) is 0 Å². The molecule has 0 bridgehead atoms. The number of thioether (sulfide) groups is 1. The highest BCUT2D eigenvalue weighted by atomic mass is 32.2. The normalized spacial score (nSPS) is 11.1. The first-order valence-electron chi connectivity index (χ1n) is 8.15. The zero-order valence-electron chi connectivity index (χ0n) is 14.2. The van der Waals surface area contributed by atoms with Crippen LogP contribution in [0.4, 0.5) is 0 Å². The molecule has 0 atom stereocenters. The third-order valence-electron chi connectivity index (χ3n) is 4.15. The number of rotatable bonds is 5. The highest BCUT2D eigenvalue weighted by Crippen LogP contribution is 2.29. The lowest BCUT2D eigenvalue weighted by atomic mass is 10.2. The predicted octanol–water partition coefficient (Wildman–Crippen LogP) is 4.15. The lowest BCUT2D eigenvalue weighted by Gasteiger charge is -2.14. The fourth-order valence-electron chi connectivity index (χ4n) is 3.00. The summed E-state index contributed by atoms with van der Waals surface area (Å²) in [7, 11) is 1.59. The molecule has 1 N–H and O–H groups in total. The van der Waals surface area contributed by atoms with Gasteiger partial charge < -0.3 is 9.72 Å². The first kappa shape index (κ1) is 16.5. The first-order valence-corrected chi connectivity index (χ1v) is 9.13. The quantitative estimate of drug-likeness (QED) is 0.329. The van der Waals surface area contributed by atoms with E-state index in [1.54, 1.807) is 17.8 Å². The molecule has 0 radical (unpaired) electrons. The fraction of sp³-hybridized carbons (Fsp3) is 0.100. The Morgan fingerprint density at radius 3 is 2.81 bits per heavy atom. The Labute approximate surface area is 154 Å². The van der Waals surface area contributed by atoms with Crippen molar-refractivity contribution in [2.45, 2.75) is 5.16 Å². The molecule has 0 aliphatic carbocycles. The van der Waals surface area contributed by atoms with Crippen molar-refractivity contribution in [2.24, 2.45) is 0 Å². The van der Waals surface area contributed by atoms with Gasteiger partial charge in [-0.15, -0.1) is 6.58 Å². The van der Waals surface area contributed by atoms with E-state index in [2.05, 4.69) is 11.6 Å². The topological polar surface area (TPSA) is 59.9 Å². The Bertz CT molecular complexity index is 1180. The van der Waals surface area contributed by atoms with E-state index in [0.29, 0.717) is 33.4 Å². The number of hydrogen-bond acceptors (Lipinski definition) is 4. The van der Waals surface area contributed by atoms with Crippen molar-refractivity contribution >= 4 is 33.7 Å². The standard InChI is InChI=1S/C20H17N3O2S/c1-3-12-26-20-22-17-13-8-4-5-9-14(13)21-18(17)19(24)23(20)15-10-6-7-11-16(15)25-2/h3-11,21H,1,12H2,2H3. The lowest BCUT2D eigenvalue weighted by molar-refractivity contribution is 0.411. The Morgan fingerprint density at radius 1 is 1.23 bits per heavy atom. The fourth-order valence-corrected chi connectivity index (χ4v) is 3.73. The molecule has 26 heavy (non-hydrogen) atoms. The predicted molar refractivity (Wildman–Crippen MR) is 107 cm³/mol. The number of aromatic amines is 1. The van der Waals surface area contributed by atoms with Gasteiger partial charge in [-0.2, -0.15) is 0 Å². The van der Waals surface area contributed by atoms with E-state index in [1.807, 2.05) is 48.5 Å². The van der Waals surface area contributed by atoms with Gasteiger partial charge in [-0.3, -0.25) is 4.79 Å². The largest absolute Gasteiger partial charge is 0.495 e. The van der Waals surface area contributed by atoms with Gasteiger partial charge in [-0.05, 0) is 18.2 Å². The van der Waals surface area contributed by atoms with Gasteiger partial charge in [-0.1, -0.05) is 48.2 Å². The van der Waals surface area contributed by atoms with Gasteiger partial charge in [0.25, 0.3) is 5.56 Å². The molecular formula is C20H17N3O2S. The van der Waals surface area contributed by atoms with Crippen LogP contribution in [0.2, 0.25) is 0 Å². The van der Waals surface area contributed by atoms with Crippen molar-refractivity contribution in [2.75, 3.05) is 12.9 Å². The van der Waals surface area contributed by atoms with Gasteiger partial charge in [0.15, 0.2) is 5.16 Å². The van der Waals surface area contributed by atoms with E-state index in [9.17, 15) is 4.79 Å². The molecule has 0 amide bonds. The summed E-state index contributed by atoms with van der Waals surface area (Å²) in [5, 5.41) is 1.55. The summed E-state index contributed by atoms with van der Waals surface area (Å²) in [4.78, 5) is 21.4. The Morgan fingerprint density at radius 2 is 2.00 bits per heavy atom. The van der Waals surface area contributed by atoms with Crippen LogP contribution >= 0.6 is 11.8 Å². The van der Waals surface area contributed by atoms with Crippen LogP contribution in [0.3, 0.4) is 0 Å². The summed E-state index contributed by atoms with van der Waals surface area (Å²) in [6.45, 7) is 3.77. The van der Waals surface area contributed by atoms with Crippen LogP contribution in [-0.4, -0.2) is 27.4 Å². The van der Waals surface area contributed by atoms with Crippen molar-refractivity contribution in [1.82, 2.24) is 14.5 Å². The molecule has 2 heterocycles. The van der Waals surface area contributed by atoms with Crippen LogP contribution < -0.4 is 10.3 Å². The van der Waals surface area contributed by atoms with Gasteiger partial charge in [0.1, 0.15) is 16.8 Å². The third-order valence-corrected chi connectivity index (χ3v) is 5.09. The molecule has 0 aliphatic rings. The minimum atomic E-state index is -0.151. The van der Waals surface area contributed by atoms with Crippen molar-refractivity contribution in [3.63, 3.8) is 0 Å². The Hall–Kier alpha value is -2.99. The van der Waals surface area contributed by atoms with E-state index in [4.69, 9.17) is 9.72 Å². The zero-order chi connectivity index (χ0) is 18.1. The Balaban J connectivity index is 2.10. The molecule has 0 saturated heterocycles. The second-order valence-electron chi connectivity index (χ2n) is 5.70. The maximum atomic E-state index is 13.3. The minimum absolute atomic E-state index is 0.151. The van der Waals surface area contributed by atoms with Crippen LogP contribution in [0.5, 0.6) is 5.75 Å². The number of methoxy groups -OCH3 is 1. The van der Waals surface area contributed by atoms with E-state index < -0.39 is 0 Å². The Kier molecular flexibility index (Phi) is 4.26. The van der Waals surface area contributed by atoms with E-state index in [0.717, 1.165) is 10.9 Å². The number of H-pyrrole nitrogens is 1. The maximum Gasteiger partial charge on any atom is 0.283 e. The summed E-state index contributed by atoms with van der Waals surface area (Å²) in [5.41, 5.74) is 2.58. The van der Waals surface area contributed by atoms with E-state index in [1.165, 1.54) is 11.8 Å². The van der Waals surface area contributed by atoms with Crippen LogP contribution in [0.25, 0.3) is 27.6 Å². The molecule has 4 rings (SSSR count). The number of benzene rings is 2. The zero-order valence-corrected chi connectivity index (χ0v) is 15.0. The minimum Gasteiger partial charge on any atom is -0.495 e. The number of para-hydroxylation sites is 3. The van der Waals surface area contributed by atoms with Gasteiger partial charge in [0.05, 0.1) is 12.8 Å². The molecule has 0 unspecified atom stereocenters. The van der Waals surface area contributed by atoms with Gasteiger partial charge >= 0.3 is 0 Å². The molecule has 4 aromatic rings. The van der Waals surface area contributed by atoms with Crippen LogP contribution in [0, 0.1) is 0 Å². The van der Waals surface area contributed by atoms with Gasteiger partial charge in [0, 0.05) is 16.7 Å². The van der Waals surface area contributed by atoms with E-state index in [-0.39, 0.29) is 5.56 Å². The first-order chi connectivity index (χ1) is 12.7. The monoisotopic (exact) mass is 363 g/mol. The molecular weight excluding hydrogens is 346 g/mol. The highest BCUT2D eigenvalue weighted by molar-refractivity contribution is 7.99. The summed E-state index contributed by atoms with van der Waals surface area (Å²) in [6, 6.07) is 15.2. The van der Waals surface area contributed by atoms with E-state index >= 15 is 0 Å². The highest BCUT2D eigenvalue weighted by Gasteiger charge is 2.18. The van der Waals surface area contributed by atoms with Crippen molar-refractivity contribution in [3.05, 3.63) is 71.5 Å². The molecule has 6 heteroatoms. The van der Waals surface area contributed by atoms with Gasteiger partial charge in [0.2, 0.25) is 0 Å². The molecule has 2 aromatic heterocycles. The second-order valence-corrected chi connectivity index (χ2v) is 6.69. The number of aromatic nitrogens is 3. The van der Waals surface area contributed by atoms with Crippen molar-refractivity contribution < 1.29 is 4.74 Å². The lowest BCUT2D eigenvalue weighted by Crippen LogP contribution is -2.22. The third kappa shape index (κ3) is 2.59. The average Bonchev–Trinajstić information content (AvgIpc) is 3.05. The SMILES string of the molecule is C=CCSc1nc2c([nH]c3ccccc32)c(=O)n1-c1ccccc1OC. The maximum absolute atomic E-state index is 13.3. The average molecular weight is 363 g/mol. The second kappa shape index (κ2) is 6.72. The van der Waals surface area contributed by atoms with Crippen molar-refractivity contribution in [3.8, 4) is 11.4 Å². The van der Waals surface area contributed by atoms with Gasteiger partial charge in [-0.25, -0.2) is 9.55 Å². The number of nitrogens with one attached hydrogen (secondary N) is 1. The number of fused-ring (bicyclic) bond motifs is 3. The molecule has 130 valence electrons. The number of hydrogen-bond donors (Lipinski definition) is 1. The summed E-state index contributed by atoms with van der Waals surface area (Å²) in [5.74, 6) is 1.27. The molecule has 0 aliphatic heterocycles. The van der Waals surface area contributed by atoms with Crippen LogP contribution in [0.15, 0.2) is 71.1 Å². The molecule has 2 aromatic carbocycles. The van der Waals surface area contributed by atoms with Crippen LogP contribution in [-0.2, 0) is 0 Å². The smallest absolute Gasteiger partial charge is 0.283 e. The summed E-state index contributed by atoms with van der Waals surface area (Å²) < 4.78 is 7.06. The molecule has 0 saturated carbocycles. The number of ether oxygens (including phenoxy) is 1. The molecule has 5 nitrogen and oxygen atoms in total. The summed E-state index contributed by atoms with van der Waals surface area (Å²) >= 11 is 1.47. The number of nitrogens with zero attached hydrogens (tertiary/aromatic N) is 2. The molecule has 0 fully saturated rings. The van der Waals surface area contributed by atoms with Crippen molar-refractivity contribution in [1.29, 1.82) is 0 Å².